The second-order valence-corrected chi connectivity index (χ2v) is 16.2. The van der Waals surface area contributed by atoms with Gasteiger partial charge in [-0.2, -0.15) is 0 Å². The van der Waals surface area contributed by atoms with Gasteiger partial charge in [-0.1, -0.05) is 0 Å². The van der Waals surface area contributed by atoms with Gasteiger partial charge in [0.05, 0.1) is 0 Å². The number of hydrogen-bond acceptors (Lipinski definition) is 0. The van der Waals surface area contributed by atoms with Crippen molar-refractivity contribution in [1.29, 1.82) is 0 Å². The van der Waals surface area contributed by atoms with E-state index in [1.54, 1.807) is 19.9 Å². The summed E-state index contributed by atoms with van der Waals surface area (Å²) in [5, 5.41) is 0. The molecular formula is C25H28Cl2Zr. The minimum absolute atomic E-state index is 0. The van der Waals surface area contributed by atoms with Crippen LogP contribution in [0.5, 0.6) is 0 Å². The maximum absolute atomic E-state index is 2.42. The quantitative estimate of drug-likeness (QED) is 0.586. The van der Waals surface area contributed by atoms with E-state index in [0.717, 1.165) is 0 Å². The van der Waals surface area contributed by atoms with Crippen molar-refractivity contribution < 1.29 is 46.1 Å². The largest absolute Gasteiger partial charge is 1.00 e. The van der Waals surface area contributed by atoms with Crippen LogP contribution in [0, 0.1) is 5.41 Å². The van der Waals surface area contributed by atoms with Crippen molar-refractivity contribution in [2.24, 2.45) is 5.41 Å². The molecule has 0 N–H and O–H groups in total. The van der Waals surface area contributed by atoms with Crippen LogP contribution in [0.15, 0.2) is 69.5 Å². The van der Waals surface area contributed by atoms with Gasteiger partial charge in [-0.05, 0) is 0 Å². The fraction of sp³-hybridized carbons (Fsp3) is 0.320. The summed E-state index contributed by atoms with van der Waals surface area (Å²) in [5.41, 5.74) is 7.96. The summed E-state index contributed by atoms with van der Waals surface area (Å²) in [6, 6.07) is 18.3. The number of benzene rings is 2. The van der Waals surface area contributed by atoms with Gasteiger partial charge in [0.15, 0.2) is 0 Å². The van der Waals surface area contributed by atoms with Crippen molar-refractivity contribution >= 4 is 3.21 Å². The Hall–Kier alpha value is -0.747. The molecule has 2 aliphatic carbocycles. The second kappa shape index (κ2) is 8.95. The van der Waals surface area contributed by atoms with Gasteiger partial charge in [0.2, 0.25) is 0 Å². The first kappa shape index (κ1) is 23.5. The Morgan fingerprint density at radius 3 is 1.82 bits per heavy atom. The first-order valence-corrected chi connectivity index (χ1v) is 13.5. The van der Waals surface area contributed by atoms with Crippen LogP contribution in [0.2, 0.25) is 0 Å². The number of fused-ring (bicyclic) bond motifs is 3. The summed E-state index contributed by atoms with van der Waals surface area (Å²) in [6.45, 7) is 11.9. The summed E-state index contributed by atoms with van der Waals surface area (Å²) < 4.78 is 4.16. The van der Waals surface area contributed by atoms with Crippen LogP contribution >= 0.6 is 0 Å². The van der Waals surface area contributed by atoms with Crippen molar-refractivity contribution in [3.63, 3.8) is 0 Å². The van der Waals surface area contributed by atoms with Crippen LogP contribution in [-0.2, 0) is 21.3 Å². The predicted molar refractivity (Wildman–Crippen MR) is 110 cm³/mol. The van der Waals surface area contributed by atoms with Gasteiger partial charge in [-0.15, -0.1) is 0 Å². The Kier molecular flexibility index (Phi) is 7.52. The SMILES string of the molecule is C[C](C)=[Zr+2]([C]1=C(C(C)(C)C)C=CC1)[CH]1c2ccccc2-c2ccccc21.[Cl-].[Cl-]. The van der Waals surface area contributed by atoms with Crippen molar-refractivity contribution in [3.05, 3.63) is 80.7 Å². The van der Waals surface area contributed by atoms with E-state index in [1.807, 2.05) is 3.28 Å². The Balaban J connectivity index is 0.00000140. The maximum Gasteiger partial charge on any atom is -1.00 e. The predicted octanol–water partition coefficient (Wildman–Crippen LogP) is 0.855. The summed E-state index contributed by atoms with van der Waals surface area (Å²) in [5.74, 6) is 0. The zero-order chi connectivity index (χ0) is 18.5. The Morgan fingerprint density at radius 2 is 1.36 bits per heavy atom. The minimum atomic E-state index is -2.05. The molecular weight excluding hydrogens is 462 g/mol. The van der Waals surface area contributed by atoms with E-state index in [-0.39, 0.29) is 30.2 Å². The molecule has 0 bridgehead atoms. The van der Waals surface area contributed by atoms with Gasteiger partial charge in [0.25, 0.3) is 0 Å². The Morgan fingerprint density at radius 1 is 0.857 bits per heavy atom. The minimum Gasteiger partial charge on any atom is -1.00 e. The second-order valence-electron chi connectivity index (χ2n) is 8.77. The van der Waals surface area contributed by atoms with Gasteiger partial charge in [-0.25, -0.2) is 0 Å². The Labute approximate surface area is 190 Å². The molecule has 0 atom stereocenters. The van der Waals surface area contributed by atoms with Crippen LogP contribution in [-0.4, -0.2) is 3.21 Å². The van der Waals surface area contributed by atoms with Gasteiger partial charge >= 0.3 is 166 Å². The van der Waals surface area contributed by atoms with E-state index in [0.29, 0.717) is 3.63 Å². The van der Waals surface area contributed by atoms with Crippen molar-refractivity contribution in [2.75, 3.05) is 0 Å². The summed E-state index contributed by atoms with van der Waals surface area (Å²) >= 11 is -2.05. The average Bonchev–Trinajstić information content (AvgIpc) is 3.20. The number of allylic oxidation sites excluding steroid dienone is 4. The smallest absolute Gasteiger partial charge is 1.00 e. The van der Waals surface area contributed by atoms with Crippen LogP contribution in [0.4, 0.5) is 0 Å². The summed E-state index contributed by atoms with van der Waals surface area (Å²) in [7, 11) is 0. The summed E-state index contributed by atoms with van der Waals surface area (Å²) in [6.07, 6.45) is 6.01. The van der Waals surface area contributed by atoms with E-state index in [1.165, 1.54) is 17.5 Å². The van der Waals surface area contributed by atoms with E-state index in [4.69, 9.17) is 0 Å². The number of hydrogen-bond donors (Lipinski definition) is 0. The molecule has 0 heterocycles. The monoisotopic (exact) mass is 488 g/mol. The molecule has 146 valence electrons. The normalized spacial score (nSPS) is 14.6. The van der Waals surface area contributed by atoms with Crippen molar-refractivity contribution in [2.45, 2.75) is 44.7 Å². The fourth-order valence-corrected chi connectivity index (χ4v) is 13.9. The van der Waals surface area contributed by atoms with Crippen LogP contribution in [0.3, 0.4) is 0 Å². The van der Waals surface area contributed by atoms with E-state index < -0.39 is 21.3 Å². The maximum atomic E-state index is 2.42. The Bertz CT molecular complexity index is 925. The van der Waals surface area contributed by atoms with E-state index in [2.05, 4.69) is 95.3 Å². The molecule has 3 heteroatoms. The van der Waals surface area contributed by atoms with Crippen molar-refractivity contribution in [1.82, 2.24) is 0 Å². The van der Waals surface area contributed by atoms with Gasteiger partial charge < -0.3 is 24.8 Å². The van der Waals surface area contributed by atoms with Crippen LogP contribution in [0.1, 0.15) is 55.8 Å². The molecule has 4 rings (SSSR count). The standard InChI is InChI=1S/C13H9.C9H13.C3H6.2ClH.Zr/c1-3-7-12-10(5-1)9-11-6-2-4-8-13(11)12;1-9(2,3)8-6-4-5-7-8;1-3-2;;;/h1-9H;4,6H,5H2,1-3H3;1-2H3;2*1H;/q;;;;;+2/p-2. The van der Waals surface area contributed by atoms with Crippen LogP contribution in [0.25, 0.3) is 11.1 Å². The molecule has 28 heavy (non-hydrogen) atoms. The molecule has 0 radical (unpaired) electrons. The first-order chi connectivity index (χ1) is 12.4. The molecule has 0 unspecified atom stereocenters. The number of halogens is 2. The zero-order valence-electron chi connectivity index (χ0n) is 17.3. The van der Waals surface area contributed by atoms with Gasteiger partial charge in [0.1, 0.15) is 0 Å². The molecule has 0 nitrogen and oxygen atoms in total. The molecule has 2 aromatic carbocycles. The zero-order valence-corrected chi connectivity index (χ0v) is 21.3. The molecule has 0 saturated heterocycles. The third kappa shape index (κ3) is 3.96. The molecule has 0 spiro atoms. The average molecular weight is 491 g/mol. The van der Waals surface area contributed by atoms with E-state index in [9.17, 15) is 0 Å². The molecule has 0 aromatic heterocycles. The third-order valence-electron chi connectivity index (χ3n) is 5.73. The van der Waals surface area contributed by atoms with Crippen molar-refractivity contribution in [3.8, 4) is 11.1 Å². The molecule has 2 aliphatic rings. The van der Waals surface area contributed by atoms with E-state index >= 15 is 0 Å². The van der Waals surface area contributed by atoms with Gasteiger partial charge in [-0.3, -0.25) is 0 Å². The molecule has 2 aromatic rings. The van der Waals surface area contributed by atoms with Crippen LogP contribution < -0.4 is 24.8 Å². The fourth-order valence-electron chi connectivity index (χ4n) is 4.69. The molecule has 0 aliphatic heterocycles. The molecule has 0 amide bonds. The first-order valence-electron chi connectivity index (χ1n) is 9.65. The molecule has 0 fully saturated rings. The van der Waals surface area contributed by atoms with Gasteiger partial charge in [0, 0.05) is 0 Å². The third-order valence-corrected chi connectivity index (χ3v) is 14.1. The molecule has 0 saturated carbocycles. The number of rotatable bonds is 2. The topological polar surface area (TPSA) is 0 Å². The summed E-state index contributed by atoms with van der Waals surface area (Å²) in [4.78, 5) is 0.